The summed E-state index contributed by atoms with van der Waals surface area (Å²) in [6.45, 7) is 1.54. The van der Waals surface area contributed by atoms with E-state index in [1.54, 1.807) is 25.1 Å². The van der Waals surface area contributed by atoms with Crippen molar-refractivity contribution in [1.82, 2.24) is 20.5 Å². The first-order chi connectivity index (χ1) is 18.3. The van der Waals surface area contributed by atoms with Gasteiger partial charge in [0.1, 0.15) is 24.1 Å². The number of carboxylic acid groups (broad SMARTS) is 1. The Morgan fingerprint density at radius 3 is 2.45 bits per heavy atom. The number of hydrogen-bond acceptors (Lipinski definition) is 6. The summed E-state index contributed by atoms with van der Waals surface area (Å²) in [4.78, 5) is 68.0. The van der Waals surface area contributed by atoms with Gasteiger partial charge in [-0.25, -0.2) is 0 Å². The van der Waals surface area contributed by atoms with Gasteiger partial charge >= 0.3 is 5.97 Å². The van der Waals surface area contributed by atoms with Crippen LogP contribution in [0, 0.1) is 0 Å². The first-order valence-corrected chi connectivity index (χ1v) is 12.3. The number of aliphatic carboxylic acids is 1. The van der Waals surface area contributed by atoms with E-state index in [-0.39, 0.29) is 5.69 Å². The van der Waals surface area contributed by atoms with Crippen LogP contribution in [0.5, 0.6) is 0 Å². The molecule has 10 heteroatoms. The molecule has 38 heavy (non-hydrogen) atoms. The van der Waals surface area contributed by atoms with Crippen molar-refractivity contribution < 1.29 is 29.1 Å². The maximum absolute atomic E-state index is 13.8. The van der Waals surface area contributed by atoms with E-state index in [9.17, 15) is 24.0 Å². The number of nitrogens with zero attached hydrogens (tertiary/aromatic N) is 2. The molecule has 10 nitrogen and oxygen atoms in total. The van der Waals surface area contributed by atoms with E-state index in [1.165, 1.54) is 11.1 Å². The molecule has 0 unspecified atom stereocenters. The third kappa shape index (κ3) is 5.69. The zero-order chi connectivity index (χ0) is 27.2. The Morgan fingerprint density at radius 2 is 1.74 bits per heavy atom. The predicted molar refractivity (Wildman–Crippen MR) is 138 cm³/mol. The fraction of sp³-hybridized carbons (Fsp3) is 0.286. The number of carbonyl (C=O) groups excluding carboxylic acids is 4. The Bertz CT molecular complexity index is 1360. The van der Waals surface area contributed by atoms with Crippen molar-refractivity contribution in [2.24, 2.45) is 0 Å². The average Bonchev–Trinajstić information content (AvgIpc) is 3.37. The fourth-order valence-corrected chi connectivity index (χ4v) is 4.83. The summed E-state index contributed by atoms with van der Waals surface area (Å²) in [7, 11) is 0. The summed E-state index contributed by atoms with van der Waals surface area (Å²) >= 11 is 0. The average molecular weight is 517 g/mol. The lowest BCUT2D eigenvalue weighted by Gasteiger charge is -2.33. The van der Waals surface area contributed by atoms with Gasteiger partial charge in [0.2, 0.25) is 11.8 Å². The molecule has 3 amide bonds. The summed E-state index contributed by atoms with van der Waals surface area (Å²) in [6.07, 6.45) is 2.10. The summed E-state index contributed by atoms with van der Waals surface area (Å²) in [6, 6.07) is 14.7. The number of aldehydes is 1. The van der Waals surface area contributed by atoms with E-state index in [1.807, 2.05) is 42.5 Å². The van der Waals surface area contributed by atoms with Gasteiger partial charge < -0.3 is 25.4 Å². The summed E-state index contributed by atoms with van der Waals surface area (Å²) in [5.41, 5.74) is 1.00. The SMILES string of the molecule is C[C@H](NC(=O)c1nccc2ccccc12)C(=O)N1[C@@H](c2ccccc2)CC[C@H]1C(=O)N[C@H](C=O)CC(=O)O. The number of fused-ring (bicyclic) bond motifs is 1. The molecule has 0 saturated carbocycles. The van der Waals surface area contributed by atoms with Gasteiger partial charge in [-0.3, -0.25) is 24.2 Å². The Balaban J connectivity index is 1.58. The van der Waals surface area contributed by atoms with E-state index < -0.39 is 54.3 Å². The van der Waals surface area contributed by atoms with Crippen LogP contribution in [0.3, 0.4) is 0 Å². The molecule has 3 aromatic rings. The predicted octanol–water partition coefficient (Wildman–Crippen LogP) is 2.24. The standard InChI is InChI=1S/C28H28N4O6/c1-17(30-27(37)25-21-10-6-5-7-18(21)13-14-29-25)28(38)32-22(19-8-3-2-4-9-19)11-12-23(32)26(36)31-20(16-33)15-24(34)35/h2-10,13-14,16-17,20,22-23H,11-12,15H2,1H3,(H,30,37)(H,31,36)(H,34,35)/t17-,20-,22+,23-/m0/s1. The Hall–Kier alpha value is -4.60. The Labute approximate surface area is 219 Å². The quantitative estimate of drug-likeness (QED) is 0.370. The first kappa shape index (κ1) is 26.5. The number of aromatic nitrogens is 1. The lowest BCUT2D eigenvalue weighted by atomic mass is 10.0. The smallest absolute Gasteiger partial charge is 0.305 e. The number of hydrogen-bond donors (Lipinski definition) is 3. The van der Waals surface area contributed by atoms with Crippen LogP contribution in [0.1, 0.15) is 48.3 Å². The van der Waals surface area contributed by atoms with Crippen molar-refractivity contribution in [2.45, 2.75) is 50.4 Å². The molecule has 1 saturated heterocycles. The van der Waals surface area contributed by atoms with Crippen molar-refractivity contribution in [3.8, 4) is 0 Å². The largest absolute Gasteiger partial charge is 0.481 e. The number of likely N-dealkylation sites (tertiary alicyclic amines) is 1. The van der Waals surface area contributed by atoms with E-state index in [0.717, 1.165) is 10.9 Å². The normalized spacial score (nSPS) is 18.4. The zero-order valence-electron chi connectivity index (χ0n) is 20.7. The number of carbonyl (C=O) groups is 5. The number of benzene rings is 2. The maximum Gasteiger partial charge on any atom is 0.305 e. The molecule has 196 valence electrons. The number of amides is 3. The molecule has 2 aromatic carbocycles. The van der Waals surface area contributed by atoms with Gasteiger partial charge in [0.25, 0.3) is 5.91 Å². The molecule has 1 fully saturated rings. The molecule has 0 radical (unpaired) electrons. The van der Waals surface area contributed by atoms with Crippen molar-refractivity contribution >= 4 is 40.7 Å². The minimum absolute atomic E-state index is 0.181. The molecule has 0 aliphatic carbocycles. The van der Waals surface area contributed by atoms with Crippen LogP contribution in [0.25, 0.3) is 10.8 Å². The maximum atomic E-state index is 13.8. The van der Waals surface area contributed by atoms with Gasteiger partial charge in [0.15, 0.2) is 0 Å². The van der Waals surface area contributed by atoms with Crippen molar-refractivity contribution in [3.63, 3.8) is 0 Å². The highest BCUT2D eigenvalue weighted by molar-refractivity contribution is 6.06. The monoisotopic (exact) mass is 516 g/mol. The molecule has 0 bridgehead atoms. The second-order valence-electron chi connectivity index (χ2n) is 9.19. The molecule has 0 spiro atoms. The third-order valence-electron chi connectivity index (χ3n) is 6.62. The summed E-state index contributed by atoms with van der Waals surface area (Å²) < 4.78 is 0. The zero-order valence-corrected chi connectivity index (χ0v) is 20.7. The third-order valence-corrected chi connectivity index (χ3v) is 6.62. The Kier molecular flexibility index (Phi) is 8.10. The van der Waals surface area contributed by atoms with Gasteiger partial charge in [-0.05, 0) is 36.8 Å². The summed E-state index contributed by atoms with van der Waals surface area (Å²) in [5, 5.41) is 15.7. The highest BCUT2D eigenvalue weighted by Gasteiger charge is 2.43. The van der Waals surface area contributed by atoms with Crippen LogP contribution in [-0.4, -0.2) is 63.1 Å². The topological polar surface area (TPSA) is 146 Å². The van der Waals surface area contributed by atoms with Crippen LogP contribution in [0.2, 0.25) is 0 Å². The number of carboxylic acids is 1. The molecule has 4 rings (SSSR count). The van der Waals surface area contributed by atoms with Crippen molar-refractivity contribution in [3.05, 3.63) is 78.1 Å². The molecule has 4 atom stereocenters. The van der Waals surface area contributed by atoms with Crippen molar-refractivity contribution in [1.29, 1.82) is 0 Å². The van der Waals surface area contributed by atoms with Gasteiger partial charge in [0.05, 0.1) is 18.5 Å². The van der Waals surface area contributed by atoms with Gasteiger partial charge in [-0.1, -0.05) is 54.6 Å². The molecule has 2 heterocycles. The number of pyridine rings is 1. The summed E-state index contributed by atoms with van der Waals surface area (Å²) in [5.74, 6) is -2.86. The highest BCUT2D eigenvalue weighted by Crippen LogP contribution is 2.37. The van der Waals surface area contributed by atoms with E-state index >= 15 is 0 Å². The minimum Gasteiger partial charge on any atom is -0.481 e. The number of rotatable bonds is 9. The Morgan fingerprint density at radius 1 is 1.03 bits per heavy atom. The van der Waals surface area contributed by atoms with Crippen LogP contribution in [0.4, 0.5) is 0 Å². The van der Waals surface area contributed by atoms with E-state index in [4.69, 9.17) is 5.11 Å². The highest BCUT2D eigenvalue weighted by atomic mass is 16.4. The second-order valence-corrected chi connectivity index (χ2v) is 9.19. The lowest BCUT2D eigenvalue weighted by molar-refractivity contribution is -0.143. The fourth-order valence-electron chi connectivity index (χ4n) is 4.83. The van der Waals surface area contributed by atoms with E-state index in [2.05, 4.69) is 15.6 Å². The van der Waals surface area contributed by atoms with Gasteiger partial charge in [-0.15, -0.1) is 0 Å². The molecule has 1 aliphatic rings. The molecular weight excluding hydrogens is 488 g/mol. The van der Waals surface area contributed by atoms with Crippen LogP contribution < -0.4 is 10.6 Å². The minimum atomic E-state index is -1.23. The lowest BCUT2D eigenvalue weighted by Crippen LogP contribution is -2.54. The van der Waals surface area contributed by atoms with Crippen LogP contribution >= 0.6 is 0 Å². The molecule has 1 aromatic heterocycles. The molecular formula is C28H28N4O6. The van der Waals surface area contributed by atoms with Gasteiger partial charge in [-0.2, -0.15) is 0 Å². The number of nitrogens with one attached hydrogen (secondary N) is 2. The second kappa shape index (κ2) is 11.6. The van der Waals surface area contributed by atoms with Gasteiger partial charge in [0, 0.05) is 11.6 Å². The van der Waals surface area contributed by atoms with Crippen molar-refractivity contribution in [2.75, 3.05) is 0 Å². The molecule has 3 N–H and O–H groups in total. The van der Waals surface area contributed by atoms with E-state index in [0.29, 0.717) is 24.5 Å². The van der Waals surface area contributed by atoms with Crippen LogP contribution in [-0.2, 0) is 19.2 Å². The first-order valence-electron chi connectivity index (χ1n) is 12.3. The van der Waals surface area contributed by atoms with Crippen LogP contribution in [0.15, 0.2) is 66.9 Å². The molecule has 1 aliphatic heterocycles.